The van der Waals surface area contributed by atoms with Crippen molar-refractivity contribution in [1.29, 1.82) is 4.78 Å². The first-order valence-electron chi connectivity index (χ1n) is 20.8. The fraction of sp³-hybridized carbons (Fsp3) is 0.356. The highest BCUT2D eigenvalue weighted by atomic mass is 32.2. The van der Waals surface area contributed by atoms with Gasteiger partial charge < -0.3 is 19.9 Å². The number of H-pyrrole nitrogens is 1. The third-order valence-electron chi connectivity index (χ3n) is 12.7. The molecule has 1 amide bonds. The van der Waals surface area contributed by atoms with Gasteiger partial charge in [-0.15, -0.1) is 0 Å². The lowest BCUT2D eigenvalue weighted by atomic mass is 9.91. The van der Waals surface area contributed by atoms with E-state index in [4.69, 9.17) is 20.2 Å². The van der Waals surface area contributed by atoms with E-state index >= 15 is 4.79 Å². The van der Waals surface area contributed by atoms with Crippen LogP contribution in [0.1, 0.15) is 84.9 Å². The second-order valence-electron chi connectivity index (χ2n) is 16.5. The summed E-state index contributed by atoms with van der Waals surface area (Å²) in [7, 11) is -2.97. The van der Waals surface area contributed by atoms with E-state index < -0.39 is 27.0 Å². The number of nitrogens with two attached hydrogens (primary N) is 1. The van der Waals surface area contributed by atoms with Gasteiger partial charge in [-0.2, -0.15) is 4.37 Å². The molecule has 1 saturated heterocycles. The number of nitrogens with zero attached hydrogens (tertiary/aromatic N) is 6. The van der Waals surface area contributed by atoms with Gasteiger partial charge >= 0.3 is 10.6 Å². The molecular weight excluding hydrogens is 830 g/mol. The van der Waals surface area contributed by atoms with E-state index in [-0.39, 0.29) is 41.2 Å². The quantitative estimate of drug-likeness (QED) is 0.102. The number of imidazole rings is 1. The summed E-state index contributed by atoms with van der Waals surface area (Å²) in [6.45, 7) is 8.54. The molecule has 0 unspecified atom stereocenters. The molecule has 3 aliphatic rings. The Hall–Kier alpha value is -5.91. The van der Waals surface area contributed by atoms with Crippen LogP contribution in [-0.2, 0) is 20.0 Å². The van der Waals surface area contributed by atoms with E-state index in [1.807, 2.05) is 17.6 Å². The van der Waals surface area contributed by atoms with Gasteiger partial charge in [-0.05, 0) is 124 Å². The van der Waals surface area contributed by atoms with Crippen molar-refractivity contribution in [3.63, 3.8) is 0 Å². The second kappa shape index (κ2) is 15.8. The van der Waals surface area contributed by atoms with E-state index in [9.17, 15) is 18.2 Å². The van der Waals surface area contributed by atoms with Gasteiger partial charge in [0, 0.05) is 82.9 Å². The smallest absolute Gasteiger partial charge is 0.338 e. The average molecular weight is 878 g/mol. The molecule has 62 heavy (non-hydrogen) atoms. The van der Waals surface area contributed by atoms with Gasteiger partial charge in [-0.25, -0.2) is 23.2 Å². The van der Waals surface area contributed by atoms with Crippen molar-refractivity contribution in [2.45, 2.75) is 82.2 Å². The Morgan fingerprint density at radius 2 is 1.77 bits per heavy atom. The van der Waals surface area contributed by atoms with Crippen LogP contribution < -0.4 is 16.3 Å². The monoisotopic (exact) mass is 877 g/mol. The molecular formula is C45H48FN9O5S2. The minimum absolute atomic E-state index is 0.159. The first kappa shape index (κ1) is 41.4. The molecule has 4 N–H and O–H groups in total. The molecule has 5 heterocycles. The van der Waals surface area contributed by atoms with Crippen LogP contribution >= 0.6 is 11.5 Å². The van der Waals surface area contributed by atoms with E-state index in [0.717, 1.165) is 35.3 Å². The summed E-state index contributed by atoms with van der Waals surface area (Å²) in [5.41, 5.74) is 10.7. The summed E-state index contributed by atoms with van der Waals surface area (Å²) in [5.74, 6) is 0.589. The predicted octanol–water partition coefficient (Wildman–Crippen LogP) is 7.08. The SMILES string of the molecule is CC[S@](=N)(=O)c1ccc(-n2ccn(C(=Nc3cc(C)c(F)c(C)c3)C3=C(N)CCN(C(=O)c4cc5cc(C6CCOCC6)ccc5n4C4(c5nsc(=O)[nH]5)CC4)[C@H]3C)c2=O)cc1. The number of nitrogens with one attached hydrogen (secondary N) is 2. The molecule has 2 fully saturated rings. The van der Waals surface area contributed by atoms with Gasteiger partial charge in [0.1, 0.15) is 28.7 Å². The third-order valence-corrected chi connectivity index (χ3v) is 15.1. The Morgan fingerprint density at radius 3 is 2.42 bits per heavy atom. The number of ether oxygens (including phenoxy) is 1. The lowest BCUT2D eigenvalue weighted by molar-refractivity contribution is 0.0697. The average Bonchev–Trinajstić information content (AvgIpc) is 3.55. The van der Waals surface area contributed by atoms with Crippen molar-refractivity contribution in [1.82, 2.24) is 28.0 Å². The summed E-state index contributed by atoms with van der Waals surface area (Å²) >= 11 is 0.862. The molecule has 0 spiro atoms. The Labute approximate surface area is 361 Å². The van der Waals surface area contributed by atoms with E-state index in [2.05, 4.69) is 27.6 Å². The van der Waals surface area contributed by atoms with Crippen LogP contribution in [-0.4, -0.2) is 75.5 Å². The van der Waals surface area contributed by atoms with Gasteiger partial charge in [0.25, 0.3) is 5.91 Å². The number of aryl methyl sites for hydroxylation is 2. The van der Waals surface area contributed by atoms with Gasteiger partial charge in [-0.1, -0.05) is 13.0 Å². The Morgan fingerprint density at radius 1 is 1.06 bits per heavy atom. The summed E-state index contributed by atoms with van der Waals surface area (Å²) in [4.78, 5) is 52.0. The maximum absolute atomic E-state index is 15.3. The number of halogens is 1. The number of hydrogen-bond acceptors (Lipinski definition) is 10. The van der Waals surface area contributed by atoms with E-state index in [1.165, 1.54) is 14.7 Å². The molecule has 6 aromatic rings. The Balaban J connectivity index is 1.15. The fourth-order valence-electron chi connectivity index (χ4n) is 9.08. The lowest BCUT2D eigenvalue weighted by Crippen LogP contribution is -2.48. The second-order valence-corrected chi connectivity index (χ2v) is 19.7. The van der Waals surface area contributed by atoms with Crippen LogP contribution in [0.5, 0.6) is 0 Å². The number of amides is 1. The zero-order chi connectivity index (χ0) is 43.7. The molecule has 17 heteroatoms. The summed E-state index contributed by atoms with van der Waals surface area (Å²) in [6, 6.07) is 17.3. The molecule has 0 bridgehead atoms. The molecule has 1 aliphatic carbocycles. The summed E-state index contributed by atoms with van der Waals surface area (Å²) in [6.07, 6.45) is 6.64. The molecule has 3 aromatic carbocycles. The number of fused-ring (bicyclic) bond motifs is 1. The van der Waals surface area contributed by atoms with Crippen LogP contribution in [0.4, 0.5) is 10.1 Å². The predicted molar refractivity (Wildman–Crippen MR) is 238 cm³/mol. The number of rotatable bonds is 9. The highest BCUT2D eigenvalue weighted by Gasteiger charge is 2.52. The number of carbonyl (C=O) groups excluding carboxylic acids is 1. The lowest BCUT2D eigenvalue weighted by Gasteiger charge is -2.37. The van der Waals surface area contributed by atoms with Crippen LogP contribution in [0.25, 0.3) is 16.6 Å². The zero-order valence-electron chi connectivity index (χ0n) is 34.9. The first-order chi connectivity index (χ1) is 29.7. The minimum Gasteiger partial charge on any atom is -0.402 e. The van der Waals surface area contributed by atoms with Gasteiger partial charge in [0.05, 0.1) is 27.1 Å². The number of aliphatic imine (C=N–C) groups is 1. The first-order valence-corrected chi connectivity index (χ1v) is 23.3. The highest BCUT2D eigenvalue weighted by Crippen LogP contribution is 2.51. The van der Waals surface area contributed by atoms with Crippen molar-refractivity contribution < 1.29 is 18.1 Å². The molecule has 9 rings (SSSR count). The van der Waals surface area contributed by atoms with E-state index in [1.54, 1.807) is 74.5 Å². The Bertz CT molecular complexity index is 3030. The maximum Gasteiger partial charge on any atom is 0.338 e. The Kier molecular flexibility index (Phi) is 10.5. The van der Waals surface area contributed by atoms with Gasteiger partial charge in [0.2, 0.25) is 0 Å². The number of aromatic nitrogens is 5. The van der Waals surface area contributed by atoms with Crippen LogP contribution in [0.3, 0.4) is 0 Å². The molecule has 0 radical (unpaired) electrons. The highest BCUT2D eigenvalue weighted by molar-refractivity contribution is 7.92. The number of hydrogen-bond donors (Lipinski definition) is 3. The minimum atomic E-state index is -2.97. The molecule has 3 aromatic heterocycles. The van der Waals surface area contributed by atoms with Gasteiger partial charge in [-0.3, -0.25) is 23.7 Å². The topological polar surface area (TPSA) is 186 Å². The normalized spacial score (nSPS) is 19.3. The number of aromatic amines is 1. The standard InChI is InChI=1S/C45H48FN9O5S2/c1-5-62(48,59)34-9-7-33(8-10-34)53-18-19-54(44(53)58)40(49-32-22-26(2)39(46)27(3)23-32)38-28(4)52(17-12-35(38)47)41(56)37-25-31-24-30(29-13-20-60-21-14-29)6-11-36(31)55(37)45(15-16-45)42-50-43(57)61-51-42/h6-11,18-19,22-25,28-29,48H,5,12-17,20-21,47H2,1-4H3,(H,50,51,57)/t28-,62-/m0/s1. The van der Waals surface area contributed by atoms with E-state index in [0.29, 0.717) is 82.2 Å². The molecule has 2 atom stereocenters. The van der Waals surface area contributed by atoms with Crippen molar-refractivity contribution in [3.8, 4) is 5.69 Å². The molecule has 322 valence electrons. The maximum atomic E-state index is 15.3. The number of benzene rings is 3. The zero-order valence-corrected chi connectivity index (χ0v) is 36.6. The van der Waals surface area contributed by atoms with Crippen molar-refractivity contribution in [2.75, 3.05) is 25.5 Å². The third kappa shape index (κ3) is 7.14. The van der Waals surface area contributed by atoms with Crippen molar-refractivity contribution in [2.24, 2.45) is 10.7 Å². The summed E-state index contributed by atoms with van der Waals surface area (Å²) in [5, 5.41) is 0.908. The number of carbonyl (C=O) groups is 1. The largest absolute Gasteiger partial charge is 0.402 e. The fourth-order valence-corrected chi connectivity index (χ4v) is 10.5. The molecule has 14 nitrogen and oxygen atoms in total. The van der Waals surface area contributed by atoms with Crippen LogP contribution in [0.2, 0.25) is 0 Å². The molecule has 1 saturated carbocycles. The summed E-state index contributed by atoms with van der Waals surface area (Å²) < 4.78 is 50.9. The van der Waals surface area contributed by atoms with Crippen LogP contribution in [0.15, 0.2) is 104 Å². The van der Waals surface area contributed by atoms with Crippen molar-refractivity contribution >= 4 is 49.6 Å². The van der Waals surface area contributed by atoms with Gasteiger partial charge in [0.15, 0.2) is 0 Å². The van der Waals surface area contributed by atoms with Crippen molar-refractivity contribution in [3.05, 3.63) is 139 Å². The molecule has 2 aliphatic heterocycles. The van der Waals surface area contributed by atoms with Crippen LogP contribution in [0, 0.1) is 24.4 Å².